The van der Waals surface area contributed by atoms with Crippen molar-refractivity contribution in [1.29, 1.82) is 0 Å². The molecule has 0 unspecified atom stereocenters. The predicted molar refractivity (Wildman–Crippen MR) is 106 cm³/mol. The second-order valence-electron chi connectivity index (χ2n) is 7.87. The predicted octanol–water partition coefficient (Wildman–Crippen LogP) is 3.85. The third-order valence-electron chi connectivity index (χ3n) is 4.99. The topological polar surface area (TPSA) is 77.4 Å². The van der Waals surface area contributed by atoms with Crippen LogP contribution in [0, 0.1) is 5.41 Å². The summed E-state index contributed by atoms with van der Waals surface area (Å²) in [5.74, 6) is -2.96. The van der Waals surface area contributed by atoms with E-state index in [4.69, 9.17) is 5.11 Å². The molecule has 0 aliphatic heterocycles. The molecule has 0 atom stereocenters. The maximum atomic E-state index is 10.0. The average molecular weight is 374 g/mol. The number of quaternary nitrogens is 1. The summed E-state index contributed by atoms with van der Waals surface area (Å²) >= 11 is 0. The highest BCUT2D eigenvalue weighted by Gasteiger charge is 2.28. The van der Waals surface area contributed by atoms with Crippen LogP contribution in [0.5, 0.6) is 0 Å². The number of rotatable bonds is 14. The molecular weight excluding hydrogens is 330 g/mol. The molecule has 0 saturated heterocycles. The van der Waals surface area contributed by atoms with Crippen molar-refractivity contribution < 1.29 is 24.3 Å². The molecule has 0 aromatic heterocycles. The van der Waals surface area contributed by atoms with Crippen LogP contribution < -0.4 is 5.11 Å². The maximum absolute atomic E-state index is 10.0. The Morgan fingerprint density at radius 2 is 1.04 bits per heavy atom. The van der Waals surface area contributed by atoms with Gasteiger partial charge in [-0.2, -0.15) is 0 Å². The van der Waals surface area contributed by atoms with E-state index in [-0.39, 0.29) is 0 Å². The molecule has 0 fully saturated rings. The molecule has 0 aromatic rings. The maximum Gasteiger partial charge on any atom is 0.314 e. The summed E-state index contributed by atoms with van der Waals surface area (Å²) in [7, 11) is 0. The zero-order valence-corrected chi connectivity index (χ0v) is 18.1. The molecule has 1 N–H and O–H groups in total. The van der Waals surface area contributed by atoms with Crippen LogP contribution in [0.1, 0.15) is 92.9 Å². The third kappa shape index (κ3) is 11.5. The van der Waals surface area contributed by atoms with Gasteiger partial charge in [0.1, 0.15) is 5.41 Å². The summed E-state index contributed by atoms with van der Waals surface area (Å²) in [5.41, 5.74) is -1.78. The largest absolute Gasteiger partial charge is 0.549 e. The van der Waals surface area contributed by atoms with E-state index in [0.29, 0.717) is 0 Å². The van der Waals surface area contributed by atoms with Gasteiger partial charge in [0.15, 0.2) is 0 Å². The van der Waals surface area contributed by atoms with Gasteiger partial charge in [0.05, 0.1) is 32.1 Å². The third-order valence-corrected chi connectivity index (χ3v) is 4.99. The molecule has 26 heavy (non-hydrogen) atoms. The molecule has 0 heterocycles. The smallest absolute Gasteiger partial charge is 0.314 e. The van der Waals surface area contributed by atoms with Gasteiger partial charge >= 0.3 is 5.97 Å². The molecule has 0 aliphatic rings. The van der Waals surface area contributed by atoms with Gasteiger partial charge in [0.2, 0.25) is 0 Å². The highest BCUT2D eigenvalue weighted by molar-refractivity contribution is 5.96. The average Bonchev–Trinajstić information content (AvgIpc) is 2.60. The van der Waals surface area contributed by atoms with Crippen molar-refractivity contribution in [3.05, 3.63) is 0 Å². The van der Waals surface area contributed by atoms with E-state index in [1.54, 1.807) is 0 Å². The lowest BCUT2D eigenvalue weighted by Crippen LogP contribution is -2.50. The van der Waals surface area contributed by atoms with E-state index in [9.17, 15) is 14.7 Å². The van der Waals surface area contributed by atoms with E-state index < -0.39 is 17.4 Å². The van der Waals surface area contributed by atoms with Gasteiger partial charge in [-0.1, -0.05) is 53.4 Å². The highest BCUT2D eigenvalue weighted by atomic mass is 16.4. The molecule has 0 rings (SSSR count). The Kier molecular flexibility index (Phi) is 15.7. The Labute approximate surface area is 161 Å². The Hall–Kier alpha value is -1.10. The Bertz CT molecular complexity index is 327. The lowest BCUT2D eigenvalue weighted by molar-refractivity contribution is -0.929. The molecule has 0 saturated carbocycles. The normalized spacial score (nSPS) is 11.6. The standard InChI is InChI=1S/C16H36N.C5H8O4/c1-5-9-13-17(14-10-6-2,15-11-7-3)16-12-8-4;1-5(2,3(6)7)4(8)9/h5-16H2,1-4H3;1-2H3,(H,6,7)(H,8,9)/q+1;/p-1. The number of nitrogens with zero attached hydrogens (tertiary/aromatic N) is 1. The fourth-order valence-electron chi connectivity index (χ4n) is 2.73. The number of unbranched alkanes of at least 4 members (excludes halogenated alkanes) is 4. The van der Waals surface area contributed by atoms with Gasteiger partial charge in [-0.3, -0.25) is 4.79 Å². The van der Waals surface area contributed by atoms with Crippen LogP contribution in [0.4, 0.5) is 0 Å². The van der Waals surface area contributed by atoms with Crippen LogP contribution >= 0.6 is 0 Å². The van der Waals surface area contributed by atoms with Crippen molar-refractivity contribution in [1.82, 2.24) is 0 Å². The van der Waals surface area contributed by atoms with Gasteiger partial charge in [0.25, 0.3) is 0 Å². The summed E-state index contributed by atoms with van der Waals surface area (Å²) < 4.78 is 1.42. The molecule has 5 heteroatoms. The SMILES string of the molecule is CC(C)(C(=O)[O-])C(=O)O.CCCC[N+](CCCC)(CCCC)CCCC. The number of hydrogen-bond acceptors (Lipinski definition) is 3. The number of hydrogen-bond donors (Lipinski definition) is 1. The molecule has 0 radical (unpaired) electrons. The van der Waals surface area contributed by atoms with Crippen molar-refractivity contribution >= 4 is 11.9 Å². The molecule has 0 amide bonds. The Morgan fingerprint density at radius 1 is 0.769 bits per heavy atom. The van der Waals surface area contributed by atoms with Crippen LogP contribution in [0.15, 0.2) is 0 Å². The first-order chi connectivity index (χ1) is 12.1. The Balaban J connectivity index is 0. The van der Waals surface area contributed by atoms with Crippen LogP contribution in [-0.4, -0.2) is 47.7 Å². The summed E-state index contributed by atoms with van der Waals surface area (Å²) in [6.07, 6.45) is 11.1. The molecule has 0 spiro atoms. The number of carboxylic acid groups (broad SMARTS) is 2. The Morgan fingerprint density at radius 3 is 1.15 bits per heavy atom. The van der Waals surface area contributed by atoms with Gasteiger partial charge in [-0.25, -0.2) is 0 Å². The van der Waals surface area contributed by atoms with Crippen molar-refractivity contribution in [3.8, 4) is 0 Å². The number of carbonyl (C=O) groups excluding carboxylic acids is 1. The summed E-state index contributed by atoms with van der Waals surface area (Å²) in [5, 5.41) is 18.2. The molecule has 0 aromatic carbocycles. The minimum atomic E-state index is -1.78. The van der Waals surface area contributed by atoms with Crippen molar-refractivity contribution in [2.75, 3.05) is 26.2 Å². The zero-order chi connectivity index (χ0) is 20.6. The van der Waals surface area contributed by atoms with Crippen LogP contribution in [0.3, 0.4) is 0 Å². The number of carboxylic acids is 2. The van der Waals surface area contributed by atoms with Gasteiger partial charge < -0.3 is 19.5 Å². The van der Waals surface area contributed by atoms with E-state index in [0.717, 1.165) is 13.8 Å². The molecule has 5 nitrogen and oxygen atoms in total. The van der Waals surface area contributed by atoms with Gasteiger partial charge in [-0.05, 0) is 39.5 Å². The lowest BCUT2D eigenvalue weighted by Gasteiger charge is -2.39. The van der Waals surface area contributed by atoms with E-state index >= 15 is 0 Å². The molecule has 0 bridgehead atoms. The van der Waals surface area contributed by atoms with Crippen LogP contribution in [0.25, 0.3) is 0 Å². The lowest BCUT2D eigenvalue weighted by atomic mass is 9.95. The highest BCUT2D eigenvalue weighted by Crippen LogP contribution is 2.16. The zero-order valence-electron chi connectivity index (χ0n) is 18.1. The monoisotopic (exact) mass is 373 g/mol. The van der Waals surface area contributed by atoms with Crippen molar-refractivity contribution in [2.24, 2.45) is 5.41 Å². The van der Waals surface area contributed by atoms with E-state index in [1.165, 1.54) is 82.0 Å². The molecule has 156 valence electrons. The summed E-state index contributed by atoms with van der Waals surface area (Å²) in [4.78, 5) is 20.0. The summed E-state index contributed by atoms with van der Waals surface area (Å²) in [6, 6.07) is 0. The molecule has 0 aliphatic carbocycles. The number of aliphatic carboxylic acids is 2. The minimum Gasteiger partial charge on any atom is -0.549 e. The van der Waals surface area contributed by atoms with Crippen LogP contribution in [-0.2, 0) is 9.59 Å². The quantitative estimate of drug-likeness (QED) is 0.370. The van der Waals surface area contributed by atoms with Gasteiger partial charge in [0, 0.05) is 0 Å². The fourth-order valence-corrected chi connectivity index (χ4v) is 2.73. The number of carbonyl (C=O) groups is 2. The first-order valence-electron chi connectivity index (χ1n) is 10.4. The van der Waals surface area contributed by atoms with Crippen LogP contribution in [0.2, 0.25) is 0 Å². The summed E-state index contributed by atoms with van der Waals surface area (Å²) in [6.45, 7) is 17.2. The first-order valence-corrected chi connectivity index (χ1v) is 10.4. The van der Waals surface area contributed by atoms with E-state index in [2.05, 4.69) is 27.7 Å². The van der Waals surface area contributed by atoms with Crippen molar-refractivity contribution in [2.45, 2.75) is 92.9 Å². The van der Waals surface area contributed by atoms with E-state index in [1.807, 2.05) is 0 Å². The van der Waals surface area contributed by atoms with Crippen molar-refractivity contribution in [3.63, 3.8) is 0 Å². The fraction of sp³-hybridized carbons (Fsp3) is 0.905. The minimum absolute atomic E-state index is 1.07. The second kappa shape index (κ2) is 15.0. The first kappa shape index (κ1) is 27.1. The molecular formula is C21H43NO4. The van der Waals surface area contributed by atoms with Gasteiger partial charge in [-0.15, -0.1) is 0 Å². The second-order valence-corrected chi connectivity index (χ2v) is 7.87.